The van der Waals surface area contributed by atoms with E-state index in [0.29, 0.717) is 18.7 Å². The lowest BCUT2D eigenvalue weighted by molar-refractivity contribution is -0.142. The zero-order valence-electron chi connectivity index (χ0n) is 45.0. The van der Waals surface area contributed by atoms with Crippen molar-refractivity contribution in [2.24, 2.45) is 17.8 Å². The molecular weight excluding hydrogens is 1070 g/mol. The van der Waals surface area contributed by atoms with Crippen LogP contribution in [0.1, 0.15) is 123 Å². The quantitative estimate of drug-likeness (QED) is 0.0480. The van der Waals surface area contributed by atoms with E-state index in [1.165, 1.54) is 0 Å². The first-order valence-electron chi connectivity index (χ1n) is 28.3. The second kappa shape index (κ2) is 23.9. The summed E-state index contributed by atoms with van der Waals surface area (Å²) in [5.74, 6) is 0.0626. The molecule has 2 aliphatic heterocycles. The molecule has 5 fully saturated rings. The molecule has 5 aliphatic rings. The highest BCUT2D eigenvalue weighted by atomic mass is 32.1. The zero-order valence-corrected chi connectivity index (χ0v) is 46.7. The average molecular weight is 1130 g/mol. The van der Waals surface area contributed by atoms with Crippen molar-refractivity contribution >= 4 is 58.2 Å². The van der Waals surface area contributed by atoms with E-state index in [2.05, 4.69) is 74.4 Å². The summed E-state index contributed by atoms with van der Waals surface area (Å²) < 4.78 is 0. The first-order chi connectivity index (χ1) is 40.0. The fourth-order valence-electron chi connectivity index (χ4n) is 10.9. The van der Waals surface area contributed by atoms with Gasteiger partial charge in [0.15, 0.2) is 6.04 Å². The Labute approximate surface area is 482 Å². The molecule has 4 aromatic carbocycles. The highest BCUT2D eigenvalue weighted by Gasteiger charge is 2.41. The molecule has 3 aliphatic carbocycles. The molecule has 0 bridgehead atoms. The number of rotatable bonds is 18. The summed E-state index contributed by atoms with van der Waals surface area (Å²) in [7, 11) is 0. The number of likely N-dealkylation sites (tertiary alicyclic amines) is 2. The summed E-state index contributed by atoms with van der Waals surface area (Å²) in [4.78, 5) is 101. The normalized spacial score (nSPS) is 18.6. The Morgan fingerprint density at radius 1 is 0.451 bits per heavy atom. The summed E-state index contributed by atoms with van der Waals surface area (Å²) in [6, 6.07) is 42.1. The van der Waals surface area contributed by atoms with Crippen molar-refractivity contribution < 1.29 is 33.9 Å². The Kier molecular flexibility index (Phi) is 15.8. The van der Waals surface area contributed by atoms with E-state index in [9.17, 15) is 28.8 Å². The lowest BCUT2D eigenvalue weighted by Gasteiger charge is -2.28. The van der Waals surface area contributed by atoms with Crippen molar-refractivity contribution in [1.29, 1.82) is 0 Å². The van der Waals surface area contributed by atoms with E-state index < -0.39 is 24.1 Å². The van der Waals surface area contributed by atoms with Gasteiger partial charge in [0.25, 0.3) is 0 Å². The number of aromatic nitrogens is 4. The van der Waals surface area contributed by atoms with Gasteiger partial charge >= 0.3 is 5.97 Å². The zero-order chi connectivity index (χ0) is 56.3. The van der Waals surface area contributed by atoms with Crippen molar-refractivity contribution in [3.8, 4) is 42.0 Å². The van der Waals surface area contributed by atoms with E-state index in [1.807, 2.05) is 88.9 Å². The van der Waals surface area contributed by atoms with Crippen LogP contribution in [-0.4, -0.2) is 83.4 Å². The molecule has 5 amide bonds. The number of nitrogens with one attached hydrogen (secondary N) is 5. The topological polar surface area (TPSA) is 223 Å². The third kappa shape index (κ3) is 12.2. The van der Waals surface area contributed by atoms with E-state index in [4.69, 9.17) is 15.1 Å². The molecule has 0 radical (unpaired) electrons. The number of thiophene rings is 2. The summed E-state index contributed by atoms with van der Waals surface area (Å²) in [5, 5.41) is 17.7. The Bertz CT molecular complexity index is 3390. The van der Waals surface area contributed by atoms with Gasteiger partial charge in [0.05, 0.1) is 45.6 Å². The van der Waals surface area contributed by atoms with E-state index in [0.717, 1.165) is 129 Å². The molecule has 418 valence electrons. The summed E-state index contributed by atoms with van der Waals surface area (Å²) in [6.45, 7) is 1.22. The third-order valence-corrected chi connectivity index (χ3v) is 18.3. The van der Waals surface area contributed by atoms with Gasteiger partial charge in [-0.25, -0.2) is 14.8 Å². The predicted molar refractivity (Wildman–Crippen MR) is 313 cm³/mol. The van der Waals surface area contributed by atoms with Gasteiger partial charge in [-0.15, -0.1) is 22.7 Å². The average Bonchev–Trinajstić information content (AvgIpc) is 4.42. The van der Waals surface area contributed by atoms with Gasteiger partial charge in [-0.3, -0.25) is 24.0 Å². The Morgan fingerprint density at radius 3 is 1.15 bits per heavy atom. The van der Waals surface area contributed by atoms with Gasteiger partial charge < -0.3 is 40.8 Å². The van der Waals surface area contributed by atoms with Crippen molar-refractivity contribution in [2.75, 3.05) is 13.1 Å². The van der Waals surface area contributed by atoms with Crippen LogP contribution in [0.3, 0.4) is 0 Å². The smallest absolute Gasteiger partial charge is 0.330 e. The number of carbonyl (C=O) groups excluding carboxylic acids is 5. The van der Waals surface area contributed by atoms with Crippen molar-refractivity contribution in [3.63, 3.8) is 0 Å². The van der Waals surface area contributed by atoms with Crippen molar-refractivity contribution in [1.82, 2.24) is 45.7 Å². The molecule has 0 spiro atoms. The van der Waals surface area contributed by atoms with E-state index >= 15 is 0 Å². The molecule has 16 nitrogen and oxygen atoms in total. The molecule has 6 N–H and O–H groups in total. The van der Waals surface area contributed by atoms with E-state index in [-0.39, 0.29) is 59.4 Å². The molecule has 4 aromatic heterocycles. The number of aliphatic carboxylic acids is 1. The van der Waals surface area contributed by atoms with Gasteiger partial charge in [0.2, 0.25) is 29.5 Å². The highest BCUT2D eigenvalue weighted by Crippen LogP contribution is 2.41. The van der Waals surface area contributed by atoms with Crippen LogP contribution in [0, 0.1) is 17.8 Å². The minimum Gasteiger partial charge on any atom is -0.479 e. The minimum atomic E-state index is -1.03. The number of hydrogen-bond donors (Lipinski definition) is 6. The molecule has 5 atom stereocenters. The highest BCUT2D eigenvalue weighted by molar-refractivity contribution is 7.19. The number of imidazole rings is 2. The number of aromatic amines is 2. The maximum Gasteiger partial charge on any atom is 0.330 e. The van der Waals surface area contributed by atoms with Crippen LogP contribution in [0.4, 0.5) is 0 Å². The number of hydrogen-bond acceptors (Lipinski definition) is 10. The van der Waals surface area contributed by atoms with Gasteiger partial charge in [-0.1, -0.05) is 115 Å². The predicted octanol–water partition coefficient (Wildman–Crippen LogP) is 11.1. The molecule has 6 heterocycles. The lowest BCUT2D eigenvalue weighted by atomic mass is 10.0. The largest absolute Gasteiger partial charge is 0.479 e. The number of benzene rings is 4. The van der Waals surface area contributed by atoms with Crippen LogP contribution >= 0.6 is 22.7 Å². The number of H-pyrrole nitrogens is 2. The summed E-state index contributed by atoms with van der Waals surface area (Å²) in [6.07, 6.45) is 12.3. The third-order valence-electron chi connectivity index (χ3n) is 15.9. The van der Waals surface area contributed by atoms with Crippen LogP contribution in [0.5, 0.6) is 0 Å². The maximum atomic E-state index is 14.1. The molecule has 13 rings (SSSR count). The van der Waals surface area contributed by atoms with Crippen molar-refractivity contribution in [2.45, 2.75) is 94.4 Å². The fourth-order valence-corrected chi connectivity index (χ4v) is 12.9. The molecule has 18 heteroatoms. The Balaban J connectivity index is 0.000000358. The molecule has 2 saturated heterocycles. The van der Waals surface area contributed by atoms with Crippen LogP contribution in [-0.2, 0) is 28.8 Å². The molecule has 8 aromatic rings. The number of carboxylic acids is 1. The molecule has 0 unspecified atom stereocenters. The maximum absolute atomic E-state index is 14.1. The van der Waals surface area contributed by atoms with Crippen LogP contribution < -0.4 is 16.0 Å². The van der Waals surface area contributed by atoms with Gasteiger partial charge in [-0.05, 0) is 116 Å². The van der Waals surface area contributed by atoms with Crippen LogP contribution in [0.2, 0.25) is 0 Å². The van der Waals surface area contributed by atoms with E-state index in [1.54, 1.807) is 46.9 Å². The second-order valence-corrected chi connectivity index (χ2v) is 24.0. The van der Waals surface area contributed by atoms with Crippen molar-refractivity contribution in [3.05, 3.63) is 180 Å². The molecular formula is C64H63N9O7S2. The number of nitrogens with zero attached hydrogens (tertiary/aromatic N) is 4. The first kappa shape index (κ1) is 54.1. The SMILES string of the molecule is O=C(N[C@H](C(=O)N1CCC[C@H]1c1ncc(-c2ccc(-c3ccc(-c4ccc(-c5cnc([C@@H]6CCCN6C(=O)[C@@H](NC(=O)C6CC6)c6ccccc6)[nH]5)s4)cc3)s2)[nH]1)c1ccccc1)C1CC1.O=C(N[C@H](C(=O)O)c1ccccc1)C1CC1. The summed E-state index contributed by atoms with van der Waals surface area (Å²) in [5.41, 5.74) is 6.24. The minimum absolute atomic E-state index is 0.00270. The standard InChI is InChI=1S/C52H50N8O4S2.C12H13NO3/c61-49(35-19-20-35)57-45(33-9-3-1-4-10-33)51(63)59-27-7-13-39(59)47-53-29-37(55-47)43-25-23-41(65-43)31-15-17-32(18-16-31)42-24-26-44(66-42)38-30-54-48(56-38)40-14-8-28-60(40)52(64)46(34-11-5-2-6-12-34)58-50(62)36-21-22-36;14-11(9-6-7-9)13-10(12(15)16)8-4-2-1-3-5-8/h1-6,9-12,15-18,23-26,29-30,35-36,39-40,45-46H,7-8,13-14,19-22,27-28H2,(H,53,55)(H,54,56)(H,57,61)(H,58,62);1-5,9-10H,6-7H2,(H,13,14)(H,15,16)/t39-,40-,45-,46-;10-/m00/s1. The fraction of sp³-hybridized carbons (Fsp3) is 0.312. The van der Waals surface area contributed by atoms with Gasteiger partial charge in [0, 0.05) is 40.6 Å². The van der Waals surface area contributed by atoms with Gasteiger partial charge in [0.1, 0.15) is 23.7 Å². The molecule has 3 saturated carbocycles. The summed E-state index contributed by atoms with van der Waals surface area (Å²) >= 11 is 3.39. The monoisotopic (exact) mass is 1130 g/mol. The number of carboxylic acid groups (broad SMARTS) is 1. The second-order valence-electron chi connectivity index (χ2n) is 21.9. The van der Waals surface area contributed by atoms with Crippen LogP contribution in [0.15, 0.2) is 152 Å². The number of carbonyl (C=O) groups is 6. The van der Waals surface area contributed by atoms with Gasteiger partial charge in [-0.2, -0.15) is 0 Å². The van der Waals surface area contributed by atoms with Crippen LogP contribution in [0.25, 0.3) is 42.0 Å². The molecule has 82 heavy (non-hydrogen) atoms. The Hall–Kier alpha value is -8.48. The first-order valence-corrected chi connectivity index (χ1v) is 30.0. The number of amides is 5. The lowest BCUT2D eigenvalue weighted by Crippen LogP contribution is -2.43. The Morgan fingerprint density at radius 2 is 0.793 bits per heavy atom.